The molecule has 2 fully saturated rings. The first-order chi connectivity index (χ1) is 16.9. The van der Waals surface area contributed by atoms with Crippen LogP contribution >= 0.6 is 0 Å². The fourth-order valence-electron chi connectivity index (χ4n) is 5.62. The van der Waals surface area contributed by atoms with E-state index in [0.717, 1.165) is 35.1 Å². The number of aliphatic carboxylic acids is 1. The van der Waals surface area contributed by atoms with Crippen molar-refractivity contribution >= 4 is 18.0 Å². The summed E-state index contributed by atoms with van der Waals surface area (Å²) in [6.07, 6.45) is 2.57. The van der Waals surface area contributed by atoms with Crippen molar-refractivity contribution in [2.75, 3.05) is 19.7 Å². The Bertz CT molecular complexity index is 1080. The molecule has 3 aliphatic rings. The molecule has 0 radical (unpaired) electrons. The molecule has 2 amide bonds. The number of nitrogens with one attached hydrogen (secondary N) is 1. The summed E-state index contributed by atoms with van der Waals surface area (Å²) in [7, 11) is 0. The van der Waals surface area contributed by atoms with Crippen LogP contribution in [-0.2, 0) is 14.3 Å². The van der Waals surface area contributed by atoms with Crippen molar-refractivity contribution in [3.63, 3.8) is 0 Å². The zero-order chi connectivity index (χ0) is 24.5. The van der Waals surface area contributed by atoms with E-state index in [1.807, 2.05) is 31.2 Å². The highest BCUT2D eigenvalue weighted by Gasteiger charge is 2.38. The Morgan fingerprint density at radius 2 is 1.66 bits per heavy atom. The molecule has 1 heterocycles. The maximum atomic E-state index is 13.3. The Morgan fingerprint density at radius 3 is 2.23 bits per heavy atom. The summed E-state index contributed by atoms with van der Waals surface area (Å²) < 4.78 is 5.68. The van der Waals surface area contributed by atoms with Crippen LogP contribution in [0.2, 0.25) is 0 Å². The number of carboxylic acid groups (broad SMARTS) is 1. The first-order valence-corrected chi connectivity index (χ1v) is 12.6. The van der Waals surface area contributed by atoms with Crippen LogP contribution in [0.1, 0.15) is 49.7 Å². The summed E-state index contributed by atoms with van der Waals surface area (Å²) in [5.74, 6) is -1.11. The summed E-state index contributed by atoms with van der Waals surface area (Å²) >= 11 is 0. The fourth-order valence-corrected chi connectivity index (χ4v) is 5.62. The van der Waals surface area contributed by atoms with E-state index < -0.39 is 24.0 Å². The maximum Gasteiger partial charge on any atom is 0.407 e. The molecule has 7 heteroatoms. The minimum atomic E-state index is -0.809. The largest absolute Gasteiger partial charge is 0.481 e. The molecule has 3 atom stereocenters. The second kappa shape index (κ2) is 9.72. The van der Waals surface area contributed by atoms with Crippen LogP contribution in [0.3, 0.4) is 0 Å². The number of alkyl carbamates (subject to hydrolysis) is 1. The van der Waals surface area contributed by atoms with Crippen LogP contribution in [-0.4, -0.2) is 53.7 Å². The normalized spacial score (nSPS) is 22.1. The topological polar surface area (TPSA) is 95.9 Å². The zero-order valence-corrected chi connectivity index (χ0v) is 20.0. The third-order valence-electron chi connectivity index (χ3n) is 7.73. The van der Waals surface area contributed by atoms with Gasteiger partial charge in [0.15, 0.2) is 0 Å². The fraction of sp³-hybridized carbons (Fsp3) is 0.464. The van der Waals surface area contributed by atoms with Crippen molar-refractivity contribution in [3.05, 3.63) is 59.7 Å². The van der Waals surface area contributed by atoms with E-state index in [-0.39, 0.29) is 24.3 Å². The third kappa shape index (κ3) is 4.90. The van der Waals surface area contributed by atoms with E-state index in [1.54, 1.807) is 4.90 Å². The molecule has 2 N–H and O–H groups in total. The number of hydrogen-bond acceptors (Lipinski definition) is 4. The molecule has 0 bridgehead atoms. The van der Waals surface area contributed by atoms with Crippen molar-refractivity contribution in [1.29, 1.82) is 0 Å². The van der Waals surface area contributed by atoms with E-state index in [0.29, 0.717) is 31.8 Å². The molecule has 2 aromatic rings. The van der Waals surface area contributed by atoms with Crippen molar-refractivity contribution in [2.24, 2.45) is 17.8 Å². The smallest absolute Gasteiger partial charge is 0.407 e. The molecular formula is C28H32N2O5. The predicted molar refractivity (Wildman–Crippen MR) is 131 cm³/mol. The number of rotatable bonds is 7. The number of fused-ring (bicyclic) bond motifs is 3. The standard InChI is InChI=1S/C28H32N2O5/c1-17-15-30(13-12-19(17)27(32)33)26(31)25(14-18-10-11-18)29-28(34)35-16-24-22-8-4-2-6-20(22)21-7-3-5-9-23(21)24/h2-9,17-19,24-25H,10-16H2,1H3,(H,29,34)(H,32,33)/t17?,19?,25-/m0/s1. The Hall–Kier alpha value is -3.35. The van der Waals surface area contributed by atoms with Crippen LogP contribution in [0.4, 0.5) is 4.79 Å². The molecule has 1 saturated carbocycles. The quantitative estimate of drug-likeness (QED) is 0.622. The lowest BCUT2D eigenvalue weighted by Crippen LogP contribution is -2.53. The van der Waals surface area contributed by atoms with Crippen LogP contribution in [0, 0.1) is 17.8 Å². The average molecular weight is 477 g/mol. The maximum absolute atomic E-state index is 13.3. The average Bonchev–Trinajstić information content (AvgIpc) is 3.62. The second-order valence-corrected chi connectivity index (χ2v) is 10.2. The number of hydrogen-bond donors (Lipinski definition) is 2. The van der Waals surface area contributed by atoms with E-state index in [2.05, 4.69) is 29.6 Å². The zero-order valence-electron chi connectivity index (χ0n) is 20.0. The lowest BCUT2D eigenvalue weighted by Gasteiger charge is -2.36. The number of nitrogens with zero attached hydrogens (tertiary/aromatic N) is 1. The lowest BCUT2D eigenvalue weighted by atomic mass is 9.86. The Morgan fingerprint density at radius 1 is 1.03 bits per heavy atom. The Kier molecular flexibility index (Phi) is 6.50. The molecule has 1 aliphatic heterocycles. The summed E-state index contributed by atoms with van der Waals surface area (Å²) in [5.41, 5.74) is 4.61. The third-order valence-corrected chi connectivity index (χ3v) is 7.73. The highest BCUT2D eigenvalue weighted by atomic mass is 16.5. The van der Waals surface area contributed by atoms with E-state index in [4.69, 9.17) is 4.74 Å². The van der Waals surface area contributed by atoms with E-state index in [1.165, 1.54) is 0 Å². The molecule has 2 aliphatic carbocycles. The number of amides is 2. The Balaban J connectivity index is 1.23. The molecule has 184 valence electrons. The van der Waals surface area contributed by atoms with Gasteiger partial charge in [0, 0.05) is 19.0 Å². The van der Waals surface area contributed by atoms with Gasteiger partial charge in [-0.25, -0.2) is 4.79 Å². The minimum Gasteiger partial charge on any atom is -0.481 e. The molecule has 2 unspecified atom stereocenters. The number of carbonyl (C=O) groups is 3. The van der Waals surface area contributed by atoms with Crippen molar-refractivity contribution in [3.8, 4) is 11.1 Å². The van der Waals surface area contributed by atoms with Gasteiger partial charge in [0.1, 0.15) is 12.6 Å². The number of carbonyl (C=O) groups excluding carboxylic acids is 2. The van der Waals surface area contributed by atoms with Gasteiger partial charge >= 0.3 is 12.1 Å². The second-order valence-electron chi connectivity index (χ2n) is 10.2. The van der Waals surface area contributed by atoms with Gasteiger partial charge in [-0.15, -0.1) is 0 Å². The number of likely N-dealkylation sites (tertiary alicyclic amines) is 1. The highest BCUT2D eigenvalue weighted by molar-refractivity contribution is 5.86. The van der Waals surface area contributed by atoms with Crippen LogP contribution < -0.4 is 5.32 Å². The van der Waals surface area contributed by atoms with Crippen molar-refractivity contribution in [2.45, 2.75) is 44.6 Å². The SMILES string of the molecule is CC1CN(C(=O)[C@H](CC2CC2)NC(=O)OCC2c3ccccc3-c3ccccc32)CCC1C(=O)O. The lowest BCUT2D eigenvalue weighted by molar-refractivity contribution is -0.148. The van der Waals surface area contributed by atoms with Gasteiger partial charge in [-0.05, 0) is 46.9 Å². The number of piperidine rings is 1. The highest BCUT2D eigenvalue weighted by Crippen LogP contribution is 2.44. The monoisotopic (exact) mass is 476 g/mol. The van der Waals surface area contributed by atoms with Gasteiger partial charge in [-0.2, -0.15) is 0 Å². The van der Waals surface area contributed by atoms with Gasteiger partial charge in [0.05, 0.1) is 5.92 Å². The van der Waals surface area contributed by atoms with Gasteiger partial charge in [-0.1, -0.05) is 68.3 Å². The van der Waals surface area contributed by atoms with Gasteiger partial charge in [0.2, 0.25) is 5.91 Å². The number of benzene rings is 2. The summed E-state index contributed by atoms with van der Waals surface area (Å²) in [4.78, 5) is 39.3. The van der Waals surface area contributed by atoms with Gasteiger partial charge < -0.3 is 20.1 Å². The molecule has 1 saturated heterocycles. The molecule has 5 rings (SSSR count). The molecule has 35 heavy (non-hydrogen) atoms. The van der Waals surface area contributed by atoms with E-state index in [9.17, 15) is 19.5 Å². The first-order valence-electron chi connectivity index (χ1n) is 12.6. The van der Waals surface area contributed by atoms with Gasteiger partial charge in [0.25, 0.3) is 0 Å². The van der Waals surface area contributed by atoms with Crippen molar-refractivity contribution in [1.82, 2.24) is 10.2 Å². The molecule has 0 spiro atoms. The number of carboxylic acids is 1. The van der Waals surface area contributed by atoms with Crippen LogP contribution in [0.15, 0.2) is 48.5 Å². The predicted octanol–water partition coefficient (Wildman–Crippen LogP) is 4.26. The van der Waals surface area contributed by atoms with Crippen LogP contribution in [0.25, 0.3) is 11.1 Å². The van der Waals surface area contributed by atoms with E-state index >= 15 is 0 Å². The Labute approximate surface area is 205 Å². The van der Waals surface area contributed by atoms with Gasteiger partial charge in [-0.3, -0.25) is 9.59 Å². The molecule has 7 nitrogen and oxygen atoms in total. The number of ether oxygens (including phenoxy) is 1. The van der Waals surface area contributed by atoms with Crippen LogP contribution in [0.5, 0.6) is 0 Å². The van der Waals surface area contributed by atoms with Crippen molar-refractivity contribution < 1.29 is 24.2 Å². The first kappa shape index (κ1) is 23.4. The summed E-state index contributed by atoms with van der Waals surface area (Å²) in [6, 6.07) is 15.7. The summed E-state index contributed by atoms with van der Waals surface area (Å²) in [5, 5.41) is 12.2. The molecule has 0 aromatic heterocycles. The molecular weight excluding hydrogens is 444 g/mol. The molecule has 2 aromatic carbocycles. The summed E-state index contributed by atoms with van der Waals surface area (Å²) in [6.45, 7) is 2.86. The minimum absolute atomic E-state index is 0.0402.